The van der Waals surface area contributed by atoms with Gasteiger partial charge in [0.15, 0.2) is 6.61 Å². The zero-order chi connectivity index (χ0) is 21.1. The molecule has 29 heavy (non-hydrogen) atoms. The van der Waals surface area contributed by atoms with Crippen molar-refractivity contribution in [3.8, 4) is 17.6 Å². The van der Waals surface area contributed by atoms with Crippen LogP contribution in [0.5, 0.6) is 11.5 Å². The molecule has 0 heterocycles. The van der Waals surface area contributed by atoms with E-state index in [0.29, 0.717) is 23.5 Å². The Kier molecular flexibility index (Phi) is 8.01. The van der Waals surface area contributed by atoms with Gasteiger partial charge in [0.25, 0.3) is 17.7 Å². The molecule has 0 atom stereocenters. The average molecular weight is 396 g/mol. The average Bonchev–Trinajstić information content (AvgIpc) is 2.75. The zero-order valence-electron chi connectivity index (χ0n) is 15.7. The van der Waals surface area contributed by atoms with E-state index in [1.54, 1.807) is 55.5 Å². The number of amides is 3. The fourth-order valence-electron chi connectivity index (χ4n) is 2.24. The van der Waals surface area contributed by atoms with Crippen molar-refractivity contribution in [1.29, 1.82) is 5.26 Å². The molecule has 0 spiro atoms. The summed E-state index contributed by atoms with van der Waals surface area (Å²) in [6.45, 7) is 1.45. The van der Waals surface area contributed by atoms with Crippen LogP contribution >= 0.6 is 0 Å². The molecule has 3 amide bonds. The quantitative estimate of drug-likeness (QED) is 0.569. The lowest BCUT2D eigenvalue weighted by Crippen LogP contribution is -2.47. The number of benzene rings is 2. The molecule has 3 N–H and O–H groups in total. The number of carbonyl (C=O) groups excluding carboxylic acids is 3. The highest BCUT2D eigenvalue weighted by atomic mass is 16.5. The van der Waals surface area contributed by atoms with Gasteiger partial charge in [-0.15, -0.1) is 0 Å². The van der Waals surface area contributed by atoms with Crippen LogP contribution in [0.2, 0.25) is 0 Å². The number of rotatable bonds is 8. The molecule has 0 fully saturated rings. The normalized spacial score (nSPS) is 9.66. The molecule has 9 heteroatoms. The minimum atomic E-state index is -0.627. The maximum atomic E-state index is 12.2. The van der Waals surface area contributed by atoms with E-state index in [2.05, 4.69) is 16.2 Å². The first-order valence-corrected chi connectivity index (χ1v) is 8.74. The van der Waals surface area contributed by atoms with Crippen molar-refractivity contribution in [2.24, 2.45) is 0 Å². The van der Waals surface area contributed by atoms with Crippen LogP contribution in [0, 0.1) is 11.3 Å². The summed E-state index contributed by atoms with van der Waals surface area (Å²) in [7, 11) is 0. The standard InChI is InChI=1S/C20H20N4O5/c1-2-28-17-10-6-4-8-15(17)20(27)22-12-18(25)23-24-19(26)13-29-16-9-5-3-7-14(16)11-21/h3-10H,2,12-13H2,1H3,(H,22,27)(H,23,25)(H,24,26). The first kappa shape index (κ1) is 21.2. The van der Waals surface area contributed by atoms with Crippen molar-refractivity contribution in [1.82, 2.24) is 16.2 Å². The summed E-state index contributed by atoms with van der Waals surface area (Å²) in [6, 6.07) is 15.1. The van der Waals surface area contributed by atoms with E-state index in [-0.39, 0.29) is 12.3 Å². The number of ether oxygens (including phenoxy) is 2. The monoisotopic (exact) mass is 396 g/mol. The fraction of sp³-hybridized carbons (Fsp3) is 0.200. The predicted molar refractivity (Wildman–Crippen MR) is 103 cm³/mol. The summed E-state index contributed by atoms with van der Waals surface area (Å²) in [5.41, 5.74) is 4.92. The number of nitrogens with zero attached hydrogens (tertiary/aromatic N) is 1. The van der Waals surface area contributed by atoms with Gasteiger partial charge in [0.05, 0.1) is 24.3 Å². The highest BCUT2D eigenvalue weighted by molar-refractivity contribution is 5.98. The van der Waals surface area contributed by atoms with E-state index in [1.165, 1.54) is 0 Å². The molecule has 0 unspecified atom stereocenters. The number of hydrogen-bond acceptors (Lipinski definition) is 6. The lowest BCUT2D eigenvalue weighted by Gasteiger charge is -2.11. The van der Waals surface area contributed by atoms with Crippen LogP contribution in [-0.2, 0) is 9.59 Å². The Morgan fingerprint density at radius 2 is 1.59 bits per heavy atom. The third-order valence-corrected chi connectivity index (χ3v) is 3.55. The molecule has 2 aromatic carbocycles. The van der Waals surface area contributed by atoms with E-state index in [9.17, 15) is 14.4 Å². The Balaban J connectivity index is 1.75. The highest BCUT2D eigenvalue weighted by Crippen LogP contribution is 2.17. The Labute approximate surface area is 167 Å². The lowest BCUT2D eigenvalue weighted by molar-refractivity contribution is -0.129. The van der Waals surface area contributed by atoms with Crippen molar-refractivity contribution < 1.29 is 23.9 Å². The molecule has 0 bridgehead atoms. The summed E-state index contributed by atoms with van der Waals surface area (Å²) < 4.78 is 10.6. The van der Waals surface area contributed by atoms with E-state index >= 15 is 0 Å². The second-order valence-electron chi connectivity index (χ2n) is 5.60. The first-order valence-electron chi connectivity index (χ1n) is 8.74. The Morgan fingerprint density at radius 3 is 2.31 bits per heavy atom. The van der Waals surface area contributed by atoms with E-state index in [4.69, 9.17) is 14.7 Å². The molecule has 0 saturated heterocycles. The van der Waals surface area contributed by atoms with Gasteiger partial charge in [0.2, 0.25) is 0 Å². The van der Waals surface area contributed by atoms with Gasteiger partial charge in [0, 0.05) is 0 Å². The fourth-order valence-corrected chi connectivity index (χ4v) is 2.24. The molecule has 0 aliphatic heterocycles. The SMILES string of the molecule is CCOc1ccccc1C(=O)NCC(=O)NNC(=O)COc1ccccc1C#N. The zero-order valence-corrected chi connectivity index (χ0v) is 15.7. The number of hydrazine groups is 1. The van der Waals surface area contributed by atoms with Crippen molar-refractivity contribution in [3.05, 3.63) is 59.7 Å². The molecular formula is C20H20N4O5. The molecule has 0 radical (unpaired) electrons. The second kappa shape index (κ2) is 10.9. The number of nitriles is 1. The van der Waals surface area contributed by atoms with Gasteiger partial charge >= 0.3 is 0 Å². The van der Waals surface area contributed by atoms with Crippen LogP contribution in [0.4, 0.5) is 0 Å². The Hall–Kier alpha value is -4.06. The van der Waals surface area contributed by atoms with Gasteiger partial charge in [-0.05, 0) is 31.2 Å². The van der Waals surface area contributed by atoms with Gasteiger partial charge in [-0.3, -0.25) is 25.2 Å². The number of para-hydroxylation sites is 2. The molecule has 2 rings (SSSR count). The molecule has 0 saturated carbocycles. The van der Waals surface area contributed by atoms with Crippen LogP contribution in [0.15, 0.2) is 48.5 Å². The van der Waals surface area contributed by atoms with E-state index in [0.717, 1.165) is 0 Å². The minimum Gasteiger partial charge on any atom is -0.493 e. The second-order valence-corrected chi connectivity index (χ2v) is 5.60. The maximum Gasteiger partial charge on any atom is 0.276 e. The minimum absolute atomic E-state index is 0.261. The van der Waals surface area contributed by atoms with Gasteiger partial charge < -0.3 is 14.8 Å². The number of nitrogens with one attached hydrogen (secondary N) is 3. The third kappa shape index (κ3) is 6.55. The summed E-state index contributed by atoms with van der Waals surface area (Å²) in [6.07, 6.45) is 0. The maximum absolute atomic E-state index is 12.2. The van der Waals surface area contributed by atoms with E-state index in [1.807, 2.05) is 6.07 Å². The molecule has 0 aliphatic rings. The van der Waals surface area contributed by atoms with Crippen LogP contribution in [0.1, 0.15) is 22.8 Å². The molecule has 0 aliphatic carbocycles. The smallest absolute Gasteiger partial charge is 0.276 e. The Morgan fingerprint density at radius 1 is 0.931 bits per heavy atom. The largest absolute Gasteiger partial charge is 0.493 e. The van der Waals surface area contributed by atoms with Crippen LogP contribution < -0.4 is 25.6 Å². The van der Waals surface area contributed by atoms with Crippen molar-refractivity contribution in [2.75, 3.05) is 19.8 Å². The predicted octanol–water partition coefficient (Wildman–Crippen LogP) is 0.913. The summed E-state index contributed by atoms with van der Waals surface area (Å²) >= 11 is 0. The van der Waals surface area contributed by atoms with Crippen molar-refractivity contribution in [2.45, 2.75) is 6.92 Å². The van der Waals surface area contributed by atoms with Crippen LogP contribution in [-0.4, -0.2) is 37.5 Å². The molecule has 9 nitrogen and oxygen atoms in total. The van der Waals surface area contributed by atoms with Crippen molar-refractivity contribution in [3.63, 3.8) is 0 Å². The highest BCUT2D eigenvalue weighted by Gasteiger charge is 2.13. The topological polar surface area (TPSA) is 130 Å². The van der Waals surface area contributed by atoms with Crippen LogP contribution in [0.3, 0.4) is 0 Å². The van der Waals surface area contributed by atoms with Gasteiger partial charge in [-0.2, -0.15) is 5.26 Å². The van der Waals surface area contributed by atoms with Crippen molar-refractivity contribution >= 4 is 17.7 Å². The first-order chi connectivity index (χ1) is 14.0. The molecular weight excluding hydrogens is 376 g/mol. The third-order valence-electron chi connectivity index (χ3n) is 3.55. The Bertz CT molecular complexity index is 923. The summed E-state index contributed by atoms with van der Waals surface area (Å²) in [5.74, 6) is -1.06. The molecule has 150 valence electrons. The summed E-state index contributed by atoms with van der Waals surface area (Å²) in [4.78, 5) is 35.8. The molecule has 0 aromatic heterocycles. The number of hydrogen-bond donors (Lipinski definition) is 3. The van der Waals surface area contributed by atoms with E-state index < -0.39 is 24.3 Å². The van der Waals surface area contributed by atoms with Gasteiger partial charge in [-0.1, -0.05) is 24.3 Å². The summed E-state index contributed by atoms with van der Waals surface area (Å²) in [5, 5.41) is 11.4. The van der Waals surface area contributed by atoms with Crippen LogP contribution in [0.25, 0.3) is 0 Å². The van der Waals surface area contributed by atoms with Gasteiger partial charge in [0.1, 0.15) is 17.6 Å². The molecule has 2 aromatic rings. The van der Waals surface area contributed by atoms with Gasteiger partial charge in [-0.25, -0.2) is 0 Å². The number of carbonyl (C=O) groups is 3. The lowest BCUT2D eigenvalue weighted by atomic mass is 10.2.